The van der Waals surface area contributed by atoms with Crippen LogP contribution < -0.4 is 5.32 Å². The van der Waals surface area contributed by atoms with Crippen LogP contribution in [0.1, 0.15) is 19.4 Å². The highest BCUT2D eigenvalue weighted by Crippen LogP contribution is 2.11. The number of hydrogen-bond donors (Lipinski definition) is 1. The lowest BCUT2D eigenvalue weighted by molar-refractivity contribution is 0.644. The molecule has 0 atom stereocenters. The van der Waals surface area contributed by atoms with Crippen LogP contribution in [0.3, 0.4) is 0 Å². The average Bonchev–Trinajstić information content (AvgIpc) is 2.14. The minimum absolute atomic E-state index is 0.0590. The summed E-state index contributed by atoms with van der Waals surface area (Å²) in [5, 5.41) is 2.07. The lowest BCUT2D eigenvalue weighted by Gasteiger charge is -2.15. The van der Waals surface area contributed by atoms with Gasteiger partial charge in [0.15, 0.2) is 0 Å². The third-order valence-corrected chi connectivity index (χ3v) is 1.38. The van der Waals surface area contributed by atoms with Crippen LogP contribution in [0.4, 0.5) is 0 Å². The number of benzene rings is 1. The Bertz CT molecular complexity index is 428. The molecule has 1 heterocycles. The van der Waals surface area contributed by atoms with Gasteiger partial charge in [-0.15, -0.1) is 0 Å². The molecule has 0 saturated heterocycles. The Labute approximate surface area is 69.5 Å². The zero-order valence-electron chi connectivity index (χ0n) is 11.3. The van der Waals surface area contributed by atoms with E-state index in [1.807, 2.05) is 0 Å². The summed E-state index contributed by atoms with van der Waals surface area (Å²) in [4.78, 5) is 0. The first-order valence-corrected chi connectivity index (χ1v) is 3.08. The second-order valence-electron chi connectivity index (χ2n) is 2.05. The summed E-state index contributed by atoms with van der Waals surface area (Å²) in [6.45, 7) is -4.50. The largest absolute Gasteiger partial charge is 0.312 e. The molecule has 0 aliphatic carbocycles. The average molecular weight is 139 g/mol. The van der Waals surface area contributed by atoms with E-state index in [-0.39, 0.29) is 11.1 Å². The minimum atomic E-state index is -2.44. The fourth-order valence-electron chi connectivity index (χ4n) is 0.898. The van der Waals surface area contributed by atoms with Crippen LogP contribution >= 0.6 is 0 Å². The van der Waals surface area contributed by atoms with Gasteiger partial charge in [0.2, 0.25) is 0 Å². The van der Waals surface area contributed by atoms with Crippen LogP contribution in [-0.2, 0) is 12.9 Å². The molecule has 1 N–H and O–H groups in total. The number of hydrogen-bond acceptors (Lipinski definition) is 1. The van der Waals surface area contributed by atoms with E-state index in [0.29, 0.717) is 0 Å². The van der Waals surface area contributed by atoms with E-state index in [0.717, 1.165) is 0 Å². The zero-order chi connectivity index (χ0) is 12.2. The van der Waals surface area contributed by atoms with Gasteiger partial charge in [-0.3, -0.25) is 0 Å². The molecule has 0 unspecified atom stereocenters. The third-order valence-electron chi connectivity index (χ3n) is 1.38. The van der Waals surface area contributed by atoms with Gasteiger partial charge in [-0.2, -0.15) is 0 Å². The molecule has 1 aliphatic rings. The molecule has 0 saturated carbocycles. The third kappa shape index (κ3) is 0.929. The number of fused-ring (bicyclic) bond motifs is 1. The predicted molar refractivity (Wildman–Crippen MR) is 41.9 cm³/mol. The summed E-state index contributed by atoms with van der Waals surface area (Å²) in [5.41, 5.74) is 0.207. The van der Waals surface area contributed by atoms with Crippen LogP contribution in [0.25, 0.3) is 0 Å². The molecular weight excluding hydrogens is 122 g/mol. The first-order valence-electron chi connectivity index (χ1n) is 6.08. The van der Waals surface area contributed by atoms with Crippen LogP contribution in [-0.4, -0.2) is 6.50 Å². The molecule has 0 spiro atoms. The summed E-state index contributed by atoms with van der Waals surface area (Å²) in [6, 6.07) is 6.07. The predicted octanol–water partition coefficient (Wildman–Crippen LogP) is 1.33. The maximum absolute atomic E-state index is 7.75. The van der Waals surface area contributed by atoms with Gasteiger partial charge >= 0.3 is 0 Å². The molecule has 1 nitrogen and oxygen atoms in total. The Morgan fingerprint density at radius 3 is 3.00 bits per heavy atom. The van der Waals surface area contributed by atoms with Crippen molar-refractivity contribution >= 4 is 0 Å². The highest BCUT2D eigenvalue weighted by molar-refractivity contribution is 5.28. The quantitative estimate of drug-likeness (QED) is 0.572. The summed E-state index contributed by atoms with van der Waals surface area (Å²) >= 11 is 0. The molecule has 0 aromatic heterocycles. The molecule has 10 heavy (non-hydrogen) atoms. The van der Waals surface area contributed by atoms with Crippen molar-refractivity contribution in [1.82, 2.24) is 5.32 Å². The highest BCUT2D eigenvalue weighted by atomic mass is 14.9. The van der Waals surface area contributed by atoms with E-state index in [1.165, 1.54) is 12.1 Å². The SMILES string of the molecule is [2H]C1([2H])NC([2H])([2H])C([2H])([2H])c2ccccc21. The molecule has 0 fully saturated rings. The van der Waals surface area contributed by atoms with Gasteiger partial charge in [-0.05, 0) is 24.0 Å². The van der Waals surface area contributed by atoms with Gasteiger partial charge in [0.25, 0.3) is 0 Å². The van der Waals surface area contributed by atoms with Crippen LogP contribution in [0.5, 0.6) is 0 Å². The molecule has 0 radical (unpaired) electrons. The van der Waals surface area contributed by atoms with Crippen molar-refractivity contribution in [3.05, 3.63) is 35.4 Å². The van der Waals surface area contributed by atoms with Crippen molar-refractivity contribution in [1.29, 1.82) is 0 Å². The minimum Gasteiger partial charge on any atom is -0.312 e. The Morgan fingerprint density at radius 2 is 2.10 bits per heavy atom. The van der Waals surface area contributed by atoms with Gasteiger partial charge in [-0.1, -0.05) is 24.3 Å². The fraction of sp³-hybridized carbons (Fsp3) is 0.333. The first-order chi connectivity index (χ1) is 7.18. The lowest BCUT2D eigenvalue weighted by atomic mass is 10.0. The molecule has 2 rings (SSSR count). The molecule has 1 heteroatoms. The molecule has 52 valence electrons. The van der Waals surface area contributed by atoms with Gasteiger partial charge in [0.1, 0.15) is 0 Å². The topological polar surface area (TPSA) is 12.0 Å². The van der Waals surface area contributed by atoms with E-state index < -0.39 is 19.4 Å². The fourth-order valence-corrected chi connectivity index (χ4v) is 0.898. The maximum Gasteiger partial charge on any atom is 0.0479 e. The van der Waals surface area contributed by atoms with E-state index in [2.05, 4.69) is 5.32 Å². The number of aryl methyl sites for hydroxylation is 1. The Kier molecular flexibility index (Phi) is 0.570. The Morgan fingerprint density at radius 1 is 1.30 bits per heavy atom. The van der Waals surface area contributed by atoms with Crippen molar-refractivity contribution in [2.24, 2.45) is 0 Å². The summed E-state index contributed by atoms with van der Waals surface area (Å²) < 4.78 is 46.0. The van der Waals surface area contributed by atoms with Crippen molar-refractivity contribution in [2.75, 3.05) is 6.50 Å². The molecule has 1 aromatic rings. The normalized spacial score (nSPS) is 40.4. The Hall–Kier alpha value is -0.820. The molecular formula is C9H11N. The second kappa shape index (κ2) is 2.43. The van der Waals surface area contributed by atoms with E-state index in [4.69, 9.17) is 8.22 Å². The second-order valence-corrected chi connectivity index (χ2v) is 2.05. The van der Waals surface area contributed by atoms with E-state index in [9.17, 15) is 0 Å². The van der Waals surface area contributed by atoms with Crippen LogP contribution in [0, 0.1) is 0 Å². The number of nitrogens with one attached hydrogen (secondary N) is 1. The van der Waals surface area contributed by atoms with Gasteiger partial charge in [-0.25, -0.2) is 0 Å². The van der Waals surface area contributed by atoms with E-state index in [1.54, 1.807) is 12.1 Å². The molecule has 1 aliphatic heterocycles. The summed E-state index contributed by atoms with van der Waals surface area (Å²) in [6.07, 6.45) is -2.25. The lowest BCUT2D eigenvalue weighted by Crippen LogP contribution is -2.23. The van der Waals surface area contributed by atoms with Crippen LogP contribution in [0.2, 0.25) is 0 Å². The monoisotopic (exact) mass is 139 g/mol. The molecule has 0 amide bonds. The smallest absolute Gasteiger partial charge is 0.0479 e. The Balaban J connectivity index is 2.71. The maximum atomic E-state index is 7.75. The molecule has 1 aromatic carbocycles. The van der Waals surface area contributed by atoms with Gasteiger partial charge in [0.05, 0.1) is 0 Å². The van der Waals surface area contributed by atoms with Gasteiger partial charge < -0.3 is 5.32 Å². The van der Waals surface area contributed by atoms with Crippen molar-refractivity contribution in [3.63, 3.8) is 0 Å². The molecule has 0 bridgehead atoms. The van der Waals surface area contributed by atoms with Crippen molar-refractivity contribution in [3.8, 4) is 0 Å². The van der Waals surface area contributed by atoms with E-state index >= 15 is 0 Å². The number of rotatable bonds is 0. The summed E-state index contributed by atoms with van der Waals surface area (Å²) in [5.74, 6) is 0. The summed E-state index contributed by atoms with van der Waals surface area (Å²) in [7, 11) is 0. The zero-order valence-corrected chi connectivity index (χ0v) is 5.31. The first kappa shape index (κ1) is 2.35. The standard InChI is InChI=1S/C9H11N/c1-2-4-9-7-10-6-5-8(9)3-1/h1-4,10H,5-7H2/i5D2,6D2,7D2. The van der Waals surface area contributed by atoms with Crippen LogP contribution in [0.15, 0.2) is 24.3 Å². The highest BCUT2D eigenvalue weighted by Gasteiger charge is 2.05. The van der Waals surface area contributed by atoms with Gasteiger partial charge in [0, 0.05) is 14.7 Å². The van der Waals surface area contributed by atoms with Crippen molar-refractivity contribution in [2.45, 2.75) is 12.9 Å². The van der Waals surface area contributed by atoms with Crippen molar-refractivity contribution < 1.29 is 8.22 Å².